The first kappa shape index (κ1) is 9.08. The van der Waals surface area contributed by atoms with Crippen LogP contribution in [0.15, 0.2) is 12.2 Å². The van der Waals surface area contributed by atoms with Gasteiger partial charge in [-0.1, -0.05) is 28.1 Å². The summed E-state index contributed by atoms with van der Waals surface area (Å²) >= 11 is 3.57. The molecule has 0 nitrogen and oxygen atoms in total. The van der Waals surface area contributed by atoms with Crippen molar-refractivity contribution in [2.45, 2.75) is 19.3 Å². The molecule has 2 aliphatic carbocycles. The second-order valence-corrected chi connectivity index (χ2v) is 3.92. The van der Waals surface area contributed by atoms with Crippen LogP contribution in [-0.2, 0) is 0 Å². The summed E-state index contributed by atoms with van der Waals surface area (Å²) in [5, 5.41) is 1.17. The van der Waals surface area contributed by atoms with E-state index in [2.05, 4.69) is 28.1 Å². The van der Waals surface area contributed by atoms with E-state index in [-0.39, 0.29) is 23.1 Å². The Hall–Kier alpha value is 0.986. The molecule has 0 amide bonds. The Morgan fingerprint density at radius 1 is 1.60 bits per heavy atom. The van der Waals surface area contributed by atoms with Crippen molar-refractivity contribution in [1.29, 1.82) is 0 Å². The van der Waals surface area contributed by atoms with Gasteiger partial charge >= 0.3 is 23.1 Å². The van der Waals surface area contributed by atoms with Gasteiger partial charge in [0.15, 0.2) is 0 Å². The van der Waals surface area contributed by atoms with E-state index in [1.54, 1.807) is 0 Å². The molecule has 0 aliphatic heterocycles. The molecule has 1 fully saturated rings. The molecule has 0 saturated heterocycles. The maximum absolute atomic E-state index is 3.57. The molecule has 54 valence electrons. The standard InChI is InChI=1S/C8H11Br.Mg.2H/c9-6-8-3-1-7(5-8)2-4-8;;;/h1,3,7H,2,4-6H2;;;. The van der Waals surface area contributed by atoms with E-state index < -0.39 is 0 Å². The lowest BCUT2D eigenvalue weighted by atomic mass is 9.91. The van der Waals surface area contributed by atoms with Crippen molar-refractivity contribution < 1.29 is 0 Å². The van der Waals surface area contributed by atoms with Gasteiger partial charge in [0.2, 0.25) is 0 Å². The highest BCUT2D eigenvalue weighted by Gasteiger charge is 2.39. The van der Waals surface area contributed by atoms with Crippen LogP contribution in [0.25, 0.3) is 0 Å². The number of fused-ring (bicyclic) bond motifs is 2. The third-order valence-corrected chi connectivity index (χ3v) is 3.79. The van der Waals surface area contributed by atoms with Gasteiger partial charge in [-0.15, -0.1) is 0 Å². The van der Waals surface area contributed by atoms with Crippen molar-refractivity contribution in [1.82, 2.24) is 0 Å². The highest BCUT2D eigenvalue weighted by atomic mass is 79.9. The molecule has 2 heteroatoms. The predicted octanol–water partition coefficient (Wildman–Crippen LogP) is 1.82. The second-order valence-electron chi connectivity index (χ2n) is 3.36. The lowest BCUT2D eigenvalue weighted by Crippen LogP contribution is -2.12. The summed E-state index contributed by atoms with van der Waals surface area (Å²) in [6.07, 6.45) is 9.07. The summed E-state index contributed by atoms with van der Waals surface area (Å²) < 4.78 is 0. The van der Waals surface area contributed by atoms with Crippen LogP contribution in [-0.4, -0.2) is 28.4 Å². The Labute approximate surface area is 86.7 Å². The Kier molecular flexibility index (Phi) is 2.86. The number of hydrogen-bond donors (Lipinski definition) is 0. The van der Waals surface area contributed by atoms with E-state index >= 15 is 0 Å². The summed E-state index contributed by atoms with van der Waals surface area (Å²) in [6, 6.07) is 0. The first-order valence-corrected chi connectivity index (χ1v) is 4.72. The van der Waals surface area contributed by atoms with Gasteiger partial charge in [-0.2, -0.15) is 0 Å². The molecule has 10 heavy (non-hydrogen) atoms. The van der Waals surface area contributed by atoms with Crippen molar-refractivity contribution in [2.24, 2.45) is 11.3 Å². The van der Waals surface area contributed by atoms with E-state index in [1.807, 2.05) is 0 Å². The first-order chi connectivity index (χ1) is 4.35. The number of alkyl halides is 1. The Morgan fingerprint density at radius 2 is 2.40 bits per heavy atom. The highest BCUT2D eigenvalue weighted by Crippen LogP contribution is 2.49. The molecule has 0 N–H and O–H groups in total. The van der Waals surface area contributed by atoms with E-state index in [4.69, 9.17) is 0 Å². The van der Waals surface area contributed by atoms with Gasteiger partial charge in [0.05, 0.1) is 0 Å². The zero-order valence-electron chi connectivity index (χ0n) is 5.44. The van der Waals surface area contributed by atoms with Crippen LogP contribution in [0.5, 0.6) is 0 Å². The van der Waals surface area contributed by atoms with Gasteiger partial charge in [0.1, 0.15) is 0 Å². The Balaban J connectivity index is 0.000000500. The van der Waals surface area contributed by atoms with Gasteiger partial charge in [0.25, 0.3) is 0 Å². The zero-order valence-corrected chi connectivity index (χ0v) is 7.02. The maximum atomic E-state index is 3.57. The zero-order chi connectivity index (χ0) is 6.32. The van der Waals surface area contributed by atoms with Crippen LogP contribution in [0.4, 0.5) is 0 Å². The topological polar surface area (TPSA) is 0 Å². The second kappa shape index (κ2) is 3.16. The Bertz CT molecular complexity index is 155. The summed E-state index contributed by atoms with van der Waals surface area (Å²) in [4.78, 5) is 0. The third kappa shape index (κ3) is 1.30. The maximum Gasteiger partial charge on any atom is 0.316 e. The van der Waals surface area contributed by atoms with Crippen LogP contribution in [0.1, 0.15) is 19.3 Å². The first-order valence-electron chi connectivity index (χ1n) is 3.60. The number of allylic oxidation sites excluding steroid dienone is 2. The minimum atomic E-state index is 0. The fraction of sp³-hybridized carbons (Fsp3) is 0.750. The van der Waals surface area contributed by atoms with Crippen molar-refractivity contribution in [2.75, 3.05) is 5.33 Å². The highest BCUT2D eigenvalue weighted by molar-refractivity contribution is 9.09. The normalized spacial score (nSPS) is 41.9. The largest absolute Gasteiger partial charge is 0.316 e. The average Bonchev–Trinajstić information content (AvgIpc) is 2.46. The van der Waals surface area contributed by atoms with Gasteiger partial charge < -0.3 is 0 Å². The summed E-state index contributed by atoms with van der Waals surface area (Å²) in [5.41, 5.74) is 0.588. The molecule has 1 saturated carbocycles. The lowest BCUT2D eigenvalue weighted by molar-refractivity contribution is 0.469. The van der Waals surface area contributed by atoms with Crippen LogP contribution < -0.4 is 0 Å². The number of halogens is 1. The molecule has 0 aromatic carbocycles. The molecule has 2 bridgehead atoms. The SMILES string of the molecule is BrCC12C=CC(CC1)C2.[MgH2]. The van der Waals surface area contributed by atoms with E-state index in [1.165, 1.54) is 24.6 Å². The summed E-state index contributed by atoms with van der Waals surface area (Å²) in [7, 11) is 0. The van der Waals surface area contributed by atoms with Crippen LogP contribution in [0.2, 0.25) is 0 Å². The molecule has 0 aromatic heterocycles. The summed E-state index contributed by atoms with van der Waals surface area (Å²) in [5.74, 6) is 0.933. The fourth-order valence-electron chi connectivity index (χ4n) is 2.02. The van der Waals surface area contributed by atoms with Crippen molar-refractivity contribution in [3.63, 3.8) is 0 Å². The van der Waals surface area contributed by atoms with Gasteiger partial charge in [-0.25, -0.2) is 0 Å². The molecule has 2 aliphatic rings. The van der Waals surface area contributed by atoms with E-state index in [0.29, 0.717) is 5.41 Å². The molecule has 0 spiro atoms. The monoisotopic (exact) mass is 212 g/mol. The van der Waals surface area contributed by atoms with E-state index in [9.17, 15) is 0 Å². The molecule has 2 atom stereocenters. The minimum absolute atomic E-state index is 0. The molecular weight excluding hydrogens is 200 g/mol. The molecule has 0 radical (unpaired) electrons. The van der Waals surface area contributed by atoms with Crippen LogP contribution >= 0.6 is 15.9 Å². The molecular formula is C8H13BrMg. The van der Waals surface area contributed by atoms with Gasteiger partial charge in [-0.05, 0) is 30.6 Å². The molecule has 2 unspecified atom stereocenters. The van der Waals surface area contributed by atoms with Gasteiger partial charge in [-0.3, -0.25) is 0 Å². The smallest absolute Gasteiger partial charge is 0.0919 e. The minimum Gasteiger partial charge on any atom is -0.0919 e. The lowest BCUT2D eigenvalue weighted by Gasteiger charge is -2.18. The quantitative estimate of drug-likeness (QED) is 0.354. The van der Waals surface area contributed by atoms with Crippen molar-refractivity contribution in [3.8, 4) is 0 Å². The van der Waals surface area contributed by atoms with Crippen molar-refractivity contribution in [3.05, 3.63) is 12.2 Å². The van der Waals surface area contributed by atoms with Crippen molar-refractivity contribution >= 4 is 39.0 Å². The molecule has 2 rings (SSSR count). The van der Waals surface area contributed by atoms with Crippen LogP contribution in [0.3, 0.4) is 0 Å². The number of hydrogen-bond acceptors (Lipinski definition) is 0. The average molecular weight is 213 g/mol. The molecule has 0 heterocycles. The van der Waals surface area contributed by atoms with E-state index in [0.717, 1.165) is 5.92 Å². The fourth-order valence-corrected chi connectivity index (χ4v) is 2.72. The number of rotatable bonds is 1. The third-order valence-electron chi connectivity index (χ3n) is 2.67. The Morgan fingerprint density at radius 3 is 2.60 bits per heavy atom. The van der Waals surface area contributed by atoms with Crippen LogP contribution in [0, 0.1) is 11.3 Å². The summed E-state index contributed by atoms with van der Waals surface area (Å²) in [6.45, 7) is 0. The predicted molar refractivity (Wildman–Crippen MR) is 51.3 cm³/mol. The molecule has 0 aromatic rings. The van der Waals surface area contributed by atoms with Gasteiger partial charge in [0, 0.05) is 5.33 Å².